The highest BCUT2D eigenvalue weighted by Gasteiger charge is 2.52. The van der Waals surface area contributed by atoms with Gasteiger partial charge in [0.15, 0.2) is 0 Å². The third-order valence-corrected chi connectivity index (χ3v) is 11.0. The van der Waals surface area contributed by atoms with Gasteiger partial charge in [-0.2, -0.15) is 0 Å². The Kier molecular flexibility index (Phi) is 6.96. The number of carbonyl (C=O) groups is 1. The number of hydrogen-bond donors (Lipinski definition) is 0. The van der Waals surface area contributed by atoms with E-state index in [1.807, 2.05) is 18.2 Å². The minimum absolute atomic E-state index is 0.0728. The van der Waals surface area contributed by atoms with Gasteiger partial charge in [0.1, 0.15) is 0 Å². The Labute approximate surface area is 181 Å². The molecule has 2 aromatic rings. The van der Waals surface area contributed by atoms with Crippen LogP contribution < -0.4 is 10.4 Å². The Morgan fingerprint density at radius 1 is 1.00 bits per heavy atom. The molecule has 1 amide bonds. The number of carbonyl (C=O) groups excluding carboxylic acids is 1. The molecule has 160 valence electrons. The number of allylic oxidation sites excluding steroid dienone is 1. The molecule has 4 nitrogen and oxygen atoms in total. The molecule has 0 fully saturated rings. The Hall–Kier alpha value is -2.21. The van der Waals surface area contributed by atoms with Gasteiger partial charge in [-0.3, -0.25) is 9.63 Å². The van der Waals surface area contributed by atoms with Crippen molar-refractivity contribution in [3.8, 4) is 0 Å². The van der Waals surface area contributed by atoms with E-state index >= 15 is 0 Å². The first-order chi connectivity index (χ1) is 14.3. The van der Waals surface area contributed by atoms with Gasteiger partial charge in [-0.1, -0.05) is 93.6 Å². The lowest BCUT2D eigenvalue weighted by molar-refractivity contribution is -0.174. The van der Waals surface area contributed by atoms with E-state index in [1.165, 1.54) is 22.5 Å². The van der Waals surface area contributed by atoms with E-state index in [4.69, 9.17) is 9.26 Å². The van der Waals surface area contributed by atoms with Crippen molar-refractivity contribution in [1.29, 1.82) is 0 Å². The van der Waals surface area contributed by atoms with E-state index in [-0.39, 0.29) is 23.0 Å². The molecule has 0 saturated carbocycles. The van der Waals surface area contributed by atoms with Gasteiger partial charge in [0, 0.05) is 7.05 Å². The molecule has 5 heteroatoms. The number of nitrogens with zero attached hydrogens (tertiary/aromatic N) is 1. The molecule has 0 aliphatic heterocycles. The maximum Gasteiger partial charge on any atom is 0.261 e. The van der Waals surface area contributed by atoms with Gasteiger partial charge < -0.3 is 4.43 Å². The van der Waals surface area contributed by atoms with Crippen LogP contribution in [0, 0.1) is 5.92 Å². The Balaban J connectivity index is 2.13. The van der Waals surface area contributed by atoms with Crippen molar-refractivity contribution in [1.82, 2.24) is 5.06 Å². The van der Waals surface area contributed by atoms with Crippen molar-refractivity contribution in [3.05, 3.63) is 72.8 Å². The lowest BCUT2D eigenvalue weighted by Gasteiger charge is -2.46. The molecule has 0 saturated heterocycles. The summed E-state index contributed by atoms with van der Waals surface area (Å²) in [6.45, 7) is 6.78. The van der Waals surface area contributed by atoms with E-state index in [0.29, 0.717) is 0 Å². The molecule has 0 radical (unpaired) electrons. The second-order valence-corrected chi connectivity index (χ2v) is 13.1. The first-order valence-electron chi connectivity index (χ1n) is 10.6. The second kappa shape index (κ2) is 9.29. The molecule has 2 atom stereocenters. The number of rotatable bonds is 6. The topological polar surface area (TPSA) is 38.8 Å². The average molecular weight is 424 g/mol. The predicted molar refractivity (Wildman–Crippen MR) is 124 cm³/mol. The minimum atomic E-state index is -2.71. The van der Waals surface area contributed by atoms with Gasteiger partial charge >= 0.3 is 0 Å². The van der Waals surface area contributed by atoms with E-state index < -0.39 is 8.32 Å². The number of hydrogen-bond acceptors (Lipinski definition) is 3. The molecule has 0 bridgehead atoms. The summed E-state index contributed by atoms with van der Waals surface area (Å²) in [6.07, 6.45) is 5.59. The van der Waals surface area contributed by atoms with Crippen molar-refractivity contribution in [2.75, 3.05) is 14.2 Å². The molecule has 0 spiro atoms. The van der Waals surface area contributed by atoms with Crippen LogP contribution in [0.1, 0.15) is 33.6 Å². The van der Waals surface area contributed by atoms with Crippen LogP contribution >= 0.6 is 0 Å². The minimum Gasteiger partial charge on any atom is -0.403 e. The third kappa shape index (κ3) is 4.29. The fourth-order valence-corrected chi connectivity index (χ4v) is 9.13. The Morgan fingerprint density at radius 3 is 2.00 bits per heavy atom. The lowest BCUT2D eigenvalue weighted by Crippen LogP contribution is -2.68. The van der Waals surface area contributed by atoms with E-state index in [9.17, 15) is 4.79 Å². The zero-order valence-electron chi connectivity index (χ0n) is 18.7. The molecule has 3 rings (SSSR count). The Morgan fingerprint density at radius 2 is 1.53 bits per heavy atom. The van der Waals surface area contributed by atoms with Crippen LogP contribution in [-0.4, -0.2) is 39.5 Å². The third-order valence-electron chi connectivity index (χ3n) is 5.98. The second-order valence-electron chi connectivity index (χ2n) is 8.87. The lowest BCUT2D eigenvalue weighted by atomic mass is 9.92. The van der Waals surface area contributed by atoms with Gasteiger partial charge in [0.25, 0.3) is 14.2 Å². The highest BCUT2D eigenvalue weighted by Crippen LogP contribution is 2.39. The van der Waals surface area contributed by atoms with Crippen molar-refractivity contribution >= 4 is 24.6 Å². The molecular weight excluding hydrogens is 390 g/mol. The summed E-state index contributed by atoms with van der Waals surface area (Å²) in [5.41, 5.74) is 0. The van der Waals surface area contributed by atoms with E-state index in [2.05, 4.69) is 75.4 Å². The largest absolute Gasteiger partial charge is 0.403 e. The molecule has 30 heavy (non-hydrogen) atoms. The molecule has 1 aliphatic carbocycles. The summed E-state index contributed by atoms with van der Waals surface area (Å²) in [5.74, 6) is -0.429. The summed E-state index contributed by atoms with van der Waals surface area (Å²) < 4.78 is 7.23. The SMILES string of the molecule is CON(C)C(=O)[C@H]1C=CCC[C@H]1O[Si](c1ccccc1)(c1ccccc1)C(C)(C)C. The van der Waals surface area contributed by atoms with Crippen molar-refractivity contribution in [2.24, 2.45) is 5.92 Å². The van der Waals surface area contributed by atoms with Crippen LogP contribution in [0.15, 0.2) is 72.8 Å². The van der Waals surface area contributed by atoms with Gasteiger partial charge in [0.2, 0.25) is 0 Å². The highest BCUT2D eigenvalue weighted by atomic mass is 28.4. The fraction of sp³-hybridized carbons (Fsp3) is 0.400. The normalized spacial score (nSPS) is 19.5. The van der Waals surface area contributed by atoms with Crippen LogP contribution in [0.2, 0.25) is 5.04 Å². The zero-order valence-corrected chi connectivity index (χ0v) is 19.7. The fourth-order valence-electron chi connectivity index (χ4n) is 4.40. The van der Waals surface area contributed by atoms with Gasteiger partial charge in [-0.15, -0.1) is 0 Å². The molecule has 2 aromatic carbocycles. The first kappa shape index (κ1) is 22.5. The summed E-state index contributed by atoms with van der Waals surface area (Å²) in [5, 5.41) is 3.63. The van der Waals surface area contributed by atoms with Crippen molar-refractivity contribution < 1.29 is 14.1 Å². The molecule has 0 heterocycles. The zero-order chi connectivity index (χ0) is 21.8. The number of hydroxylamine groups is 2. The number of benzene rings is 2. The highest BCUT2D eigenvalue weighted by molar-refractivity contribution is 6.99. The Bertz CT molecular complexity index is 821. The smallest absolute Gasteiger partial charge is 0.261 e. The van der Waals surface area contributed by atoms with Crippen molar-refractivity contribution in [2.45, 2.75) is 44.8 Å². The summed E-state index contributed by atoms with van der Waals surface area (Å²) in [7, 11) is 0.459. The molecule has 0 N–H and O–H groups in total. The summed E-state index contributed by atoms with van der Waals surface area (Å²) >= 11 is 0. The monoisotopic (exact) mass is 423 g/mol. The quantitative estimate of drug-likeness (QED) is 0.402. The molecule has 0 aromatic heterocycles. The van der Waals surface area contributed by atoms with Crippen molar-refractivity contribution in [3.63, 3.8) is 0 Å². The van der Waals surface area contributed by atoms with Crippen LogP contribution in [0.25, 0.3) is 0 Å². The van der Waals surface area contributed by atoms with Gasteiger partial charge in [-0.05, 0) is 28.3 Å². The maximum absolute atomic E-state index is 13.0. The summed E-state index contributed by atoms with van der Waals surface area (Å²) in [4.78, 5) is 18.2. The van der Waals surface area contributed by atoms with Gasteiger partial charge in [0.05, 0.1) is 19.1 Å². The molecule has 0 unspecified atom stereocenters. The number of amides is 1. The average Bonchev–Trinajstić information content (AvgIpc) is 2.77. The predicted octanol–water partition coefficient (Wildman–Crippen LogP) is 3.92. The molecular formula is C25H33NO3Si. The van der Waals surface area contributed by atoms with Crippen LogP contribution in [0.4, 0.5) is 0 Å². The van der Waals surface area contributed by atoms with Gasteiger partial charge in [-0.25, -0.2) is 5.06 Å². The van der Waals surface area contributed by atoms with E-state index in [0.717, 1.165) is 12.8 Å². The standard InChI is InChI=1S/C25H33NO3Si/c1-25(2,3)30(20-14-8-6-9-15-20,21-16-10-7-11-17-21)29-23-19-13-12-18-22(23)24(27)26(4)28-5/h6-12,14-18,22-23H,13,19H2,1-5H3/t22-,23+/m0/s1. The maximum atomic E-state index is 13.0. The molecule has 1 aliphatic rings. The van der Waals surface area contributed by atoms with Crippen LogP contribution in [0.3, 0.4) is 0 Å². The van der Waals surface area contributed by atoms with E-state index in [1.54, 1.807) is 7.05 Å². The first-order valence-corrected chi connectivity index (χ1v) is 12.5. The van der Waals surface area contributed by atoms with Crippen LogP contribution in [-0.2, 0) is 14.1 Å². The van der Waals surface area contributed by atoms with Crippen LogP contribution in [0.5, 0.6) is 0 Å². The summed E-state index contributed by atoms with van der Waals surface area (Å²) in [6, 6.07) is 21.1.